The highest BCUT2D eigenvalue weighted by Gasteiger charge is 2.39. The molecule has 0 saturated heterocycles. The van der Waals surface area contributed by atoms with Gasteiger partial charge in [0.05, 0.1) is 6.61 Å². The number of nitrogens with two attached hydrogens (primary N) is 1. The van der Waals surface area contributed by atoms with Crippen molar-refractivity contribution in [3.63, 3.8) is 0 Å². The van der Waals surface area contributed by atoms with Crippen molar-refractivity contribution in [2.45, 2.75) is 49.6 Å². The number of halogens is 3. The monoisotopic (exact) mass is 588 g/mol. The lowest BCUT2D eigenvalue weighted by Gasteiger charge is -2.34. The molecular formula is C22H23BrClFN4O5S. The SMILES string of the molecule is Cc1c(Br)ccc(F)c1C(C)C(NS(=O)(=O)c1ccc(Cl)c2c1OCCC2(C)N)c1n[nH]c(=O)o1. The molecular weight excluding hydrogens is 567 g/mol. The molecule has 0 fully saturated rings. The van der Waals surface area contributed by atoms with Crippen LogP contribution in [0.15, 0.2) is 42.8 Å². The van der Waals surface area contributed by atoms with Gasteiger partial charge in [0, 0.05) is 32.9 Å². The second kappa shape index (κ2) is 9.32. The summed E-state index contributed by atoms with van der Waals surface area (Å²) < 4.78 is 56.2. The minimum absolute atomic E-state index is 0.0425. The van der Waals surface area contributed by atoms with Crippen molar-refractivity contribution in [1.82, 2.24) is 14.9 Å². The number of ether oxygens (including phenoxy) is 1. The molecule has 0 aliphatic carbocycles. The maximum absolute atomic E-state index is 14.9. The third-order valence-electron chi connectivity index (χ3n) is 6.15. The molecule has 0 spiro atoms. The predicted octanol–water partition coefficient (Wildman–Crippen LogP) is 4.01. The van der Waals surface area contributed by atoms with Gasteiger partial charge in [-0.2, -0.15) is 4.72 Å². The Labute approximate surface area is 214 Å². The zero-order chi connectivity index (χ0) is 25.7. The molecule has 4 N–H and O–H groups in total. The summed E-state index contributed by atoms with van der Waals surface area (Å²) in [6.45, 7) is 5.23. The maximum Gasteiger partial charge on any atom is 0.434 e. The smallest absolute Gasteiger partial charge is 0.434 e. The number of aromatic nitrogens is 2. The van der Waals surface area contributed by atoms with Crippen LogP contribution in [-0.2, 0) is 15.6 Å². The third-order valence-corrected chi connectivity index (χ3v) is 8.79. The number of H-pyrrole nitrogens is 1. The van der Waals surface area contributed by atoms with Gasteiger partial charge in [-0.1, -0.05) is 34.5 Å². The Morgan fingerprint density at radius 2 is 2.06 bits per heavy atom. The summed E-state index contributed by atoms with van der Waals surface area (Å²) in [6.07, 6.45) is 0.441. The van der Waals surface area contributed by atoms with Gasteiger partial charge in [0.1, 0.15) is 22.5 Å². The Balaban J connectivity index is 1.84. The highest BCUT2D eigenvalue weighted by Crippen LogP contribution is 2.44. The van der Waals surface area contributed by atoms with Crippen LogP contribution in [0.3, 0.4) is 0 Å². The Bertz CT molecular complexity index is 1460. The van der Waals surface area contributed by atoms with Gasteiger partial charge < -0.3 is 14.9 Å². The van der Waals surface area contributed by atoms with Crippen molar-refractivity contribution in [2.24, 2.45) is 5.73 Å². The van der Waals surface area contributed by atoms with Gasteiger partial charge in [-0.3, -0.25) is 0 Å². The van der Waals surface area contributed by atoms with E-state index in [0.29, 0.717) is 22.0 Å². The molecule has 1 aliphatic heterocycles. The zero-order valence-corrected chi connectivity index (χ0v) is 22.1. The van der Waals surface area contributed by atoms with Gasteiger partial charge in [0.25, 0.3) is 0 Å². The molecule has 0 saturated carbocycles. The summed E-state index contributed by atoms with van der Waals surface area (Å²) in [5, 5.41) is 6.21. The van der Waals surface area contributed by atoms with E-state index in [0.717, 1.165) is 0 Å². The fourth-order valence-electron chi connectivity index (χ4n) is 4.28. The number of sulfonamides is 1. The minimum Gasteiger partial charge on any atom is -0.492 e. The Hall–Kier alpha value is -2.25. The molecule has 0 amide bonds. The van der Waals surface area contributed by atoms with Gasteiger partial charge in [-0.05, 0) is 49.2 Å². The highest BCUT2D eigenvalue weighted by atomic mass is 79.9. The van der Waals surface area contributed by atoms with Crippen molar-refractivity contribution in [3.8, 4) is 5.75 Å². The van der Waals surface area contributed by atoms with Crippen LogP contribution < -0.4 is 20.9 Å². The van der Waals surface area contributed by atoms with Crippen LogP contribution in [0.2, 0.25) is 5.02 Å². The summed E-state index contributed by atoms with van der Waals surface area (Å²) in [6, 6.07) is 4.30. The summed E-state index contributed by atoms with van der Waals surface area (Å²) in [4.78, 5) is 11.5. The van der Waals surface area contributed by atoms with Gasteiger partial charge in [-0.15, -0.1) is 5.10 Å². The van der Waals surface area contributed by atoms with Crippen LogP contribution in [0.4, 0.5) is 4.39 Å². The molecule has 13 heteroatoms. The second-order valence-electron chi connectivity index (χ2n) is 8.67. The lowest BCUT2D eigenvalue weighted by Crippen LogP contribution is -2.40. The molecule has 2 heterocycles. The number of hydrogen-bond acceptors (Lipinski definition) is 7. The zero-order valence-electron chi connectivity index (χ0n) is 19.0. The Kier molecular flexibility index (Phi) is 6.88. The van der Waals surface area contributed by atoms with Gasteiger partial charge in [0.15, 0.2) is 0 Å². The van der Waals surface area contributed by atoms with Gasteiger partial charge in [0.2, 0.25) is 15.9 Å². The van der Waals surface area contributed by atoms with E-state index in [4.69, 9.17) is 26.5 Å². The molecule has 4 rings (SSSR count). The quantitative estimate of drug-likeness (QED) is 0.395. The predicted molar refractivity (Wildman–Crippen MR) is 131 cm³/mol. The molecule has 1 aromatic heterocycles. The van der Waals surface area contributed by atoms with E-state index in [1.54, 1.807) is 26.8 Å². The van der Waals surface area contributed by atoms with E-state index in [2.05, 4.69) is 30.8 Å². The third kappa shape index (κ3) is 4.77. The number of nitrogens with one attached hydrogen (secondary N) is 2. The first kappa shape index (κ1) is 25.8. The molecule has 0 radical (unpaired) electrons. The fourth-order valence-corrected chi connectivity index (χ4v) is 6.41. The first-order valence-corrected chi connectivity index (χ1v) is 13.3. The number of aromatic amines is 1. The van der Waals surface area contributed by atoms with Crippen LogP contribution >= 0.6 is 27.5 Å². The molecule has 2 aromatic carbocycles. The van der Waals surface area contributed by atoms with E-state index in [-0.39, 0.29) is 33.7 Å². The van der Waals surface area contributed by atoms with Crippen LogP contribution in [0.5, 0.6) is 5.75 Å². The lowest BCUT2D eigenvalue weighted by atomic mass is 9.87. The summed E-state index contributed by atoms with van der Waals surface area (Å²) >= 11 is 9.72. The van der Waals surface area contributed by atoms with Crippen LogP contribution in [0.25, 0.3) is 0 Å². The first-order chi connectivity index (χ1) is 16.3. The number of benzene rings is 2. The molecule has 9 nitrogen and oxygen atoms in total. The molecule has 3 aromatic rings. The Morgan fingerprint density at radius 1 is 1.34 bits per heavy atom. The summed E-state index contributed by atoms with van der Waals surface area (Å²) in [5.74, 6) is -2.48. The van der Waals surface area contributed by atoms with Gasteiger partial charge in [-0.25, -0.2) is 22.7 Å². The van der Waals surface area contributed by atoms with Crippen molar-refractivity contribution in [1.29, 1.82) is 0 Å². The maximum atomic E-state index is 14.9. The lowest BCUT2D eigenvalue weighted by molar-refractivity contribution is 0.221. The van der Waals surface area contributed by atoms with E-state index in [9.17, 15) is 17.6 Å². The summed E-state index contributed by atoms with van der Waals surface area (Å²) in [7, 11) is -4.33. The van der Waals surface area contributed by atoms with Gasteiger partial charge >= 0.3 is 5.76 Å². The van der Waals surface area contributed by atoms with Crippen LogP contribution in [0.1, 0.15) is 54.8 Å². The number of hydrogen-bond donors (Lipinski definition) is 3. The standard InChI is InChI=1S/C22H23BrClFN4O5S/c1-10-12(23)4-6-14(25)16(10)11(2)18(20-27-28-21(30)34-20)29-35(31,32)15-7-5-13(24)17-19(15)33-9-8-22(17,3)26/h4-7,11,18,29H,8-9,26H2,1-3H3,(H,28,30). The number of nitrogens with zero attached hydrogens (tertiary/aromatic N) is 1. The molecule has 188 valence electrons. The van der Waals surface area contributed by atoms with Crippen LogP contribution in [0, 0.1) is 12.7 Å². The van der Waals surface area contributed by atoms with Crippen molar-refractivity contribution < 1.29 is 22.0 Å². The van der Waals surface area contributed by atoms with Crippen molar-refractivity contribution in [3.05, 3.63) is 72.7 Å². The fraction of sp³-hybridized carbons (Fsp3) is 0.364. The second-order valence-corrected chi connectivity index (χ2v) is 11.6. The number of fused-ring (bicyclic) bond motifs is 1. The minimum atomic E-state index is -4.33. The molecule has 1 aliphatic rings. The van der Waals surface area contributed by atoms with E-state index in [1.807, 2.05) is 0 Å². The molecule has 3 atom stereocenters. The molecule has 0 bridgehead atoms. The largest absolute Gasteiger partial charge is 0.492 e. The van der Waals surface area contributed by atoms with Crippen LogP contribution in [-0.4, -0.2) is 25.2 Å². The summed E-state index contributed by atoms with van der Waals surface area (Å²) in [5.41, 5.74) is 6.63. The highest BCUT2D eigenvalue weighted by molar-refractivity contribution is 9.10. The average molecular weight is 590 g/mol. The van der Waals surface area contributed by atoms with E-state index >= 15 is 0 Å². The number of rotatable bonds is 6. The molecule has 3 unspecified atom stereocenters. The van der Waals surface area contributed by atoms with Crippen molar-refractivity contribution >= 4 is 37.6 Å². The normalized spacial score (nSPS) is 19.6. The van der Waals surface area contributed by atoms with E-state index in [1.165, 1.54) is 18.2 Å². The van der Waals surface area contributed by atoms with Crippen molar-refractivity contribution in [2.75, 3.05) is 6.61 Å². The topological polar surface area (TPSA) is 140 Å². The first-order valence-electron chi connectivity index (χ1n) is 10.6. The molecule has 35 heavy (non-hydrogen) atoms. The average Bonchev–Trinajstić information content (AvgIpc) is 3.20. The Morgan fingerprint density at radius 3 is 2.71 bits per heavy atom. The van der Waals surface area contributed by atoms with E-state index < -0.39 is 39.1 Å².